The first-order valence-electron chi connectivity index (χ1n) is 6.41. The van der Waals surface area contributed by atoms with Crippen LogP contribution in [0.5, 0.6) is 0 Å². The molecule has 0 bridgehead atoms. The van der Waals surface area contributed by atoms with Crippen LogP contribution in [-0.2, 0) is 4.74 Å². The van der Waals surface area contributed by atoms with Gasteiger partial charge in [-0.15, -0.1) is 0 Å². The molecule has 0 radical (unpaired) electrons. The zero-order chi connectivity index (χ0) is 13.0. The van der Waals surface area contributed by atoms with Gasteiger partial charge in [-0.2, -0.15) is 0 Å². The number of anilines is 1. The van der Waals surface area contributed by atoms with E-state index in [1.165, 1.54) is 14.6 Å². The minimum atomic E-state index is 0.698. The van der Waals surface area contributed by atoms with Crippen LogP contribution in [0.1, 0.15) is 0 Å². The molecule has 6 heteroatoms. The van der Waals surface area contributed by atoms with Crippen LogP contribution in [0.2, 0.25) is 0 Å². The average Bonchev–Trinajstić information content (AvgIpc) is 3.04. The van der Waals surface area contributed by atoms with Crippen molar-refractivity contribution in [2.75, 3.05) is 31.2 Å². The predicted octanol–water partition coefficient (Wildman–Crippen LogP) is 2.42. The van der Waals surface area contributed by atoms with Crippen molar-refractivity contribution in [1.82, 2.24) is 8.96 Å². The van der Waals surface area contributed by atoms with E-state index in [1.807, 2.05) is 12.4 Å². The van der Waals surface area contributed by atoms with E-state index in [4.69, 9.17) is 4.74 Å². The summed E-state index contributed by atoms with van der Waals surface area (Å²) in [6.45, 7) is 4.02. The molecule has 100 valence electrons. The third-order valence-electron chi connectivity index (χ3n) is 4.17. The fourth-order valence-corrected chi connectivity index (χ4v) is 4.28. The molecule has 0 saturated carbocycles. The van der Waals surface area contributed by atoms with Crippen molar-refractivity contribution >= 4 is 52.1 Å². The van der Waals surface area contributed by atoms with Crippen molar-refractivity contribution in [3.05, 3.63) is 22.0 Å². The standard InChI is InChI=1S/C13H14IN3OS/c14-12-5-17(19)13-11(12)1-10(2-15-13)16-3-8-6-18-7-9(8)4-16/h1-2,5,8-9,19H,3-4,6-7H2/t8-,9+. The molecule has 0 unspecified atom stereocenters. The first kappa shape index (κ1) is 12.3. The van der Waals surface area contributed by atoms with E-state index in [1.54, 1.807) is 3.97 Å². The molecule has 2 aliphatic rings. The minimum absolute atomic E-state index is 0.698. The third kappa shape index (κ3) is 1.95. The quantitative estimate of drug-likeness (QED) is 0.602. The van der Waals surface area contributed by atoms with E-state index >= 15 is 0 Å². The largest absolute Gasteiger partial charge is 0.381 e. The Labute approximate surface area is 130 Å². The Balaban J connectivity index is 1.70. The number of hydrogen-bond donors (Lipinski definition) is 1. The molecular weight excluding hydrogens is 373 g/mol. The van der Waals surface area contributed by atoms with Gasteiger partial charge in [0.1, 0.15) is 0 Å². The molecular formula is C13H14IN3OS. The number of halogens is 1. The Morgan fingerprint density at radius 1 is 1.32 bits per heavy atom. The van der Waals surface area contributed by atoms with Gasteiger partial charge in [0.15, 0.2) is 5.65 Å². The van der Waals surface area contributed by atoms with Gasteiger partial charge in [0.05, 0.1) is 25.1 Å². The maximum atomic E-state index is 5.53. The van der Waals surface area contributed by atoms with Gasteiger partial charge < -0.3 is 9.64 Å². The lowest BCUT2D eigenvalue weighted by Crippen LogP contribution is -2.22. The van der Waals surface area contributed by atoms with E-state index in [9.17, 15) is 0 Å². The van der Waals surface area contributed by atoms with Gasteiger partial charge in [-0.05, 0) is 28.7 Å². The number of nitrogens with zero attached hydrogens (tertiary/aromatic N) is 3. The second kappa shape index (κ2) is 4.53. The van der Waals surface area contributed by atoms with Gasteiger partial charge in [0.2, 0.25) is 0 Å². The Bertz CT molecular complexity index is 632. The number of rotatable bonds is 1. The lowest BCUT2D eigenvalue weighted by molar-refractivity contribution is 0.177. The van der Waals surface area contributed by atoms with Crippen LogP contribution in [0.25, 0.3) is 11.0 Å². The molecule has 0 aromatic carbocycles. The fourth-order valence-electron chi connectivity index (χ4n) is 3.11. The van der Waals surface area contributed by atoms with Crippen LogP contribution in [-0.4, -0.2) is 35.3 Å². The Morgan fingerprint density at radius 2 is 2.05 bits per heavy atom. The smallest absolute Gasteiger partial charge is 0.150 e. The van der Waals surface area contributed by atoms with E-state index in [2.05, 4.69) is 51.4 Å². The summed E-state index contributed by atoms with van der Waals surface area (Å²) in [7, 11) is 0. The van der Waals surface area contributed by atoms with Crippen molar-refractivity contribution in [2.45, 2.75) is 0 Å². The van der Waals surface area contributed by atoms with Gasteiger partial charge in [-0.25, -0.2) is 4.98 Å². The molecule has 0 amide bonds. The van der Waals surface area contributed by atoms with Gasteiger partial charge in [0, 0.05) is 40.1 Å². The first-order valence-corrected chi connectivity index (χ1v) is 7.89. The molecule has 2 aromatic heterocycles. The molecule has 2 atom stereocenters. The highest BCUT2D eigenvalue weighted by molar-refractivity contribution is 14.1. The van der Waals surface area contributed by atoms with Crippen LogP contribution < -0.4 is 4.90 Å². The molecule has 4 nitrogen and oxygen atoms in total. The summed E-state index contributed by atoms with van der Waals surface area (Å²) < 4.78 is 8.51. The molecule has 0 N–H and O–H groups in total. The van der Waals surface area contributed by atoms with E-state index in [-0.39, 0.29) is 0 Å². The lowest BCUT2D eigenvalue weighted by atomic mass is 10.0. The van der Waals surface area contributed by atoms with Crippen LogP contribution in [0.4, 0.5) is 5.69 Å². The molecule has 4 rings (SSSR count). The maximum Gasteiger partial charge on any atom is 0.150 e. The van der Waals surface area contributed by atoms with Crippen molar-refractivity contribution in [3.8, 4) is 0 Å². The highest BCUT2D eigenvalue weighted by Crippen LogP contribution is 2.34. The second-order valence-corrected chi connectivity index (χ2v) is 6.94. The highest BCUT2D eigenvalue weighted by atomic mass is 127. The van der Waals surface area contributed by atoms with Gasteiger partial charge in [-0.1, -0.05) is 12.8 Å². The van der Waals surface area contributed by atoms with E-state index in [0.29, 0.717) is 11.8 Å². The van der Waals surface area contributed by atoms with E-state index < -0.39 is 0 Å². The lowest BCUT2D eigenvalue weighted by Gasteiger charge is -2.19. The number of thiol groups is 1. The number of fused-ring (bicyclic) bond motifs is 2. The molecule has 2 aromatic rings. The van der Waals surface area contributed by atoms with Crippen molar-refractivity contribution < 1.29 is 4.74 Å². The second-order valence-electron chi connectivity index (χ2n) is 5.35. The molecule has 0 aliphatic carbocycles. The maximum absolute atomic E-state index is 5.53. The zero-order valence-corrected chi connectivity index (χ0v) is 13.3. The first-order chi connectivity index (χ1) is 9.22. The normalized spacial score (nSPS) is 26.3. The van der Waals surface area contributed by atoms with E-state index in [0.717, 1.165) is 32.0 Å². The van der Waals surface area contributed by atoms with Crippen LogP contribution in [0.3, 0.4) is 0 Å². The topological polar surface area (TPSA) is 30.3 Å². The van der Waals surface area contributed by atoms with Crippen molar-refractivity contribution in [1.29, 1.82) is 0 Å². The summed E-state index contributed by atoms with van der Waals surface area (Å²) in [5.74, 6) is 1.40. The number of aromatic nitrogens is 2. The monoisotopic (exact) mass is 387 g/mol. The summed E-state index contributed by atoms with van der Waals surface area (Å²) >= 11 is 6.72. The number of ether oxygens (including phenoxy) is 1. The Kier molecular flexibility index (Phi) is 2.93. The van der Waals surface area contributed by atoms with Gasteiger partial charge >= 0.3 is 0 Å². The highest BCUT2D eigenvalue weighted by Gasteiger charge is 2.37. The van der Waals surface area contributed by atoms with Crippen molar-refractivity contribution in [2.24, 2.45) is 11.8 Å². The van der Waals surface area contributed by atoms with Crippen LogP contribution in [0.15, 0.2) is 18.5 Å². The van der Waals surface area contributed by atoms with Crippen LogP contribution in [0, 0.1) is 15.4 Å². The summed E-state index contributed by atoms with van der Waals surface area (Å²) in [6.07, 6.45) is 3.96. The zero-order valence-electron chi connectivity index (χ0n) is 10.3. The molecule has 2 fully saturated rings. The average molecular weight is 387 g/mol. The number of pyridine rings is 1. The minimum Gasteiger partial charge on any atom is -0.381 e. The van der Waals surface area contributed by atoms with Crippen molar-refractivity contribution in [3.63, 3.8) is 0 Å². The molecule has 0 spiro atoms. The summed E-state index contributed by atoms with van der Waals surface area (Å²) in [5.41, 5.74) is 2.15. The third-order valence-corrected chi connectivity index (χ3v) is 5.33. The summed E-state index contributed by atoms with van der Waals surface area (Å²) in [6, 6.07) is 2.23. The Morgan fingerprint density at radius 3 is 2.79 bits per heavy atom. The number of hydrogen-bond acceptors (Lipinski definition) is 4. The molecule has 2 aliphatic heterocycles. The van der Waals surface area contributed by atoms with Gasteiger partial charge in [-0.3, -0.25) is 3.97 Å². The predicted molar refractivity (Wildman–Crippen MR) is 86.8 cm³/mol. The molecule has 2 saturated heterocycles. The molecule has 4 heterocycles. The Hall–Kier alpha value is -0.470. The SMILES string of the molecule is Sn1cc(I)c2cc(N3C[C@H]4COC[C@H]4C3)cnc21. The molecule has 19 heavy (non-hydrogen) atoms. The summed E-state index contributed by atoms with van der Waals surface area (Å²) in [4.78, 5) is 6.99. The fraction of sp³-hybridized carbons (Fsp3) is 0.462. The van der Waals surface area contributed by atoms with Crippen LogP contribution >= 0.6 is 35.4 Å². The van der Waals surface area contributed by atoms with Gasteiger partial charge in [0.25, 0.3) is 0 Å². The summed E-state index contributed by atoms with van der Waals surface area (Å²) in [5, 5.41) is 1.18.